The van der Waals surface area contributed by atoms with Crippen molar-refractivity contribution in [2.45, 2.75) is 17.8 Å². The Balaban J connectivity index is 1.93. The van der Waals surface area contributed by atoms with Crippen LogP contribution >= 0.6 is 11.8 Å². The molecule has 2 nitrogen and oxygen atoms in total. The maximum atomic E-state index is 12.5. The number of rotatable bonds is 4. The van der Waals surface area contributed by atoms with Crippen LogP contribution in [0.15, 0.2) is 47.8 Å². The van der Waals surface area contributed by atoms with E-state index in [-0.39, 0.29) is 5.16 Å². The molecule has 0 aliphatic heterocycles. The number of aryl methyl sites for hydroxylation is 1. The van der Waals surface area contributed by atoms with E-state index < -0.39 is 11.9 Å². The fourth-order valence-electron chi connectivity index (χ4n) is 1.47. The van der Waals surface area contributed by atoms with Gasteiger partial charge in [0.05, 0.1) is 0 Å². The van der Waals surface area contributed by atoms with Gasteiger partial charge in [0.2, 0.25) is 0 Å². The standard InChI is InChI=1S/C13H11F3N2S/c14-13(15,16)11-6-8-17-12(18-11)19-9-7-10-4-2-1-3-5-10/h1-6,8H,7,9H2. The molecule has 1 aromatic carbocycles. The minimum absolute atomic E-state index is 0.158. The maximum Gasteiger partial charge on any atom is 0.433 e. The van der Waals surface area contributed by atoms with Crippen molar-refractivity contribution >= 4 is 11.8 Å². The SMILES string of the molecule is FC(F)(F)c1ccnc(SCCc2ccccc2)n1. The zero-order valence-corrected chi connectivity index (χ0v) is 10.7. The molecular weight excluding hydrogens is 273 g/mol. The van der Waals surface area contributed by atoms with Gasteiger partial charge in [0.25, 0.3) is 0 Å². The molecule has 2 rings (SSSR count). The van der Waals surface area contributed by atoms with Crippen LogP contribution in [0.2, 0.25) is 0 Å². The van der Waals surface area contributed by atoms with Gasteiger partial charge < -0.3 is 0 Å². The molecule has 1 aromatic heterocycles. The van der Waals surface area contributed by atoms with E-state index in [1.165, 1.54) is 11.8 Å². The Bertz CT molecular complexity index is 529. The first-order chi connectivity index (χ1) is 9.05. The molecule has 0 spiro atoms. The van der Waals surface area contributed by atoms with Crippen LogP contribution in [-0.2, 0) is 12.6 Å². The van der Waals surface area contributed by atoms with Gasteiger partial charge in [-0.2, -0.15) is 13.2 Å². The van der Waals surface area contributed by atoms with Crippen LogP contribution in [0.25, 0.3) is 0 Å². The quantitative estimate of drug-likeness (QED) is 0.630. The second-order valence-corrected chi connectivity index (χ2v) is 4.87. The van der Waals surface area contributed by atoms with Crippen molar-refractivity contribution in [1.82, 2.24) is 9.97 Å². The lowest BCUT2D eigenvalue weighted by atomic mass is 10.2. The molecule has 0 unspecified atom stereocenters. The summed E-state index contributed by atoms with van der Waals surface area (Å²) in [5, 5.41) is 0.158. The maximum absolute atomic E-state index is 12.5. The number of halogens is 3. The summed E-state index contributed by atoms with van der Waals surface area (Å²) < 4.78 is 37.4. The number of alkyl halides is 3. The van der Waals surface area contributed by atoms with Crippen LogP contribution < -0.4 is 0 Å². The molecule has 2 aromatic rings. The van der Waals surface area contributed by atoms with Crippen LogP contribution in [0.3, 0.4) is 0 Å². The third-order valence-corrected chi connectivity index (χ3v) is 3.25. The largest absolute Gasteiger partial charge is 0.433 e. The lowest BCUT2D eigenvalue weighted by molar-refractivity contribution is -0.141. The lowest BCUT2D eigenvalue weighted by Gasteiger charge is -2.06. The highest BCUT2D eigenvalue weighted by atomic mass is 32.2. The normalized spacial score (nSPS) is 11.5. The van der Waals surface area contributed by atoms with Crippen molar-refractivity contribution in [3.63, 3.8) is 0 Å². The summed E-state index contributed by atoms with van der Waals surface area (Å²) in [6.45, 7) is 0. The first kappa shape index (κ1) is 13.9. The lowest BCUT2D eigenvalue weighted by Crippen LogP contribution is -2.08. The molecule has 0 radical (unpaired) electrons. The fraction of sp³-hybridized carbons (Fsp3) is 0.231. The summed E-state index contributed by atoms with van der Waals surface area (Å²) in [6, 6.07) is 10.6. The fourth-order valence-corrected chi connectivity index (χ4v) is 2.29. The Kier molecular flexibility index (Phi) is 4.42. The molecule has 0 fully saturated rings. The first-order valence-electron chi connectivity index (χ1n) is 5.63. The second kappa shape index (κ2) is 6.06. The third kappa shape index (κ3) is 4.24. The van der Waals surface area contributed by atoms with Crippen molar-refractivity contribution in [2.24, 2.45) is 0 Å². The molecule has 19 heavy (non-hydrogen) atoms. The Hall–Kier alpha value is -1.56. The van der Waals surface area contributed by atoms with Gasteiger partial charge in [-0.3, -0.25) is 0 Å². The van der Waals surface area contributed by atoms with E-state index in [2.05, 4.69) is 9.97 Å². The molecule has 0 bridgehead atoms. The van der Waals surface area contributed by atoms with Crippen LogP contribution in [-0.4, -0.2) is 15.7 Å². The van der Waals surface area contributed by atoms with Gasteiger partial charge in [-0.15, -0.1) is 0 Å². The number of benzene rings is 1. The number of hydrogen-bond acceptors (Lipinski definition) is 3. The Labute approximate surface area is 113 Å². The predicted octanol–water partition coefficient (Wildman–Crippen LogP) is 3.83. The summed E-state index contributed by atoms with van der Waals surface area (Å²) in [5.74, 6) is 0.644. The number of nitrogens with zero attached hydrogens (tertiary/aromatic N) is 2. The highest BCUT2D eigenvalue weighted by Crippen LogP contribution is 2.28. The molecule has 0 atom stereocenters. The Morgan fingerprint density at radius 3 is 2.47 bits per heavy atom. The van der Waals surface area contributed by atoms with Gasteiger partial charge in [-0.05, 0) is 18.1 Å². The monoisotopic (exact) mass is 284 g/mol. The summed E-state index contributed by atoms with van der Waals surface area (Å²) in [4.78, 5) is 7.34. The summed E-state index contributed by atoms with van der Waals surface area (Å²) in [7, 11) is 0. The highest BCUT2D eigenvalue weighted by Gasteiger charge is 2.32. The molecule has 0 amide bonds. The minimum atomic E-state index is -4.42. The Morgan fingerprint density at radius 1 is 1.05 bits per heavy atom. The van der Waals surface area contributed by atoms with Crippen LogP contribution in [0.1, 0.15) is 11.3 Å². The molecular formula is C13H11F3N2S. The topological polar surface area (TPSA) is 25.8 Å². The molecule has 6 heteroatoms. The molecule has 0 aliphatic carbocycles. The smallest absolute Gasteiger partial charge is 0.231 e. The second-order valence-electron chi connectivity index (χ2n) is 3.81. The van der Waals surface area contributed by atoms with Crippen molar-refractivity contribution in [2.75, 3.05) is 5.75 Å². The minimum Gasteiger partial charge on any atom is -0.231 e. The van der Waals surface area contributed by atoms with E-state index in [9.17, 15) is 13.2 Å². The molecule has 0 N–H and O–H groups in total. The Morgan fingerprint density at radius 2 is 1.79 bits per heavy atom. The number of hydrogen-bond donors (Lipinski definition) is 0. The summed E-state index contributed by atoms with van der Waals surface area (Å²) >= 11 is 1.22. The highest BCUT2D eigenvalue weighted by molar-refractivity contribution is 7.99. The third-order valence-electron chi connectivity index (χ3n) is 2.39. The summed E-state index contributed by atoms with van der Waals surface area (Å²) in [6.07, 6.45) is -2.51. The van der Waals surface area contributed by atoms with Gasteiger partial charge >= 0.3 is 6.18 Å². The molecule has 0 saturated carbocycles. The summed E-state index contributed by atoms with van der Waals surface area (Å²) in [5.41, 5.74) is 0.242. The van der Waals surface area contributed by atoms with Crippen molar-refractivity contribution in [3.05, 3.63) is 53.9 Å². The average molecular weight is 284 g/mol. The first-order valence-corrected chi connectivity index (χ1v) is 6.61. The van der Waals surface area contributed by atoms with E-state index in [1.54, 1.807) is 0 Å². The van der Waals surface area contributed by atoms with Crippen molar-refractivity contribution in [3.8, 4) is 0 Å². The van der Waals surface area contributed by atoms with Gasteiger partial charge in [0, 0.05) is 11.9 Å². The number of aromatic nitrogens is 2. The molecule has 1 heterocycles. The molecule has 0 saturated heterocycles. The number of thioether (sulfide) groups is 1. The van der Waals surface area contributed by atoms with Crippen molar-refractivity contribution < 1.29 is 13.2 Å². The van der Waals surface area contributed by atoms with Gasteiger partial charge in [0.1, 0.15) is 5.69 Å². The zero-order chi connectivity index (χ0) is 13.7. The molecule has 100 valence electrons. The van der Waals surface area contributed by atoms with E-state index >= 15 is 0 Å². The van der Waals surface area contributed by atoms with E-state index in [4.69, 9.17) is 0 Å². The zero-order valence-electron chi connectivity index (χ0n) is 9.89. The van der Waals surface area contributed by atoms with E-state index in [0.717, 1.165) is 24.2 Å². The van der Waals surface area contributed by atoms with Gasteiger partial charge in [0.15, 0.2) is 5.16 Å². The van der Waals surface area contributed by atoms with Crippen LogP contribution in [0.4, 0.5) is 13.2 Å². The molecule has 0 aliphatic rings. The van der Waals surface area contributed by atoms with Crippen molar-refractivity contribution in [1.29, 1.82) is 0 Å². The van der Waals surface area contributed by atoms with Crippen LogP contribution in [0, 0.1) is 0 Å². The predicted molar refractivity (Wildman–Crippen MR) is 67.9 cm³/mol. The average Bonchev–Trinajstić information content (AvgIpc) is 2.39. The van der Waals surface area contributed by atoms with Crippen LogP contribution in [0.5, 0.6) is 0 Å². The van der Waals surface area contributed by atoms with E-state index in [1.807, 2.05) is 30.3 Å². The van der Waals surface area contributed by atoms with E-state index in [0.29, 0.717) is 5.75 Å². The van der Waals surface area contributed by atoms with Gasteiger partial charge in [-0.25, -0.2) is 9.97 Å². The van der Waals surface area contributed by atoms with Gasteiger partial charge in [-0.1, -0.05) is 42.1 Å².